The third-order valence-corrected chi connectivity index (χ3v) is 6.78. The van der Waals surface area contributed by atoms with Crippen LogP contribution in [0.4, 0.5) is 5.69 Å². The monoisotopic (exact) mass is 410 g/mol. The number of rotatable bonds is 5. The van der Waals surface area contributed by atoms with Gasteiger partial charge in [0.05, 0.1) is 0 Å². The van der Waals surface area contributed by atoms with Gasteiger partial charge in [-0.3, -0.25) is 14.3 Å². The van der Waals surface area contributed by atoms with E-state index in [0.717, 1.165) is 24.8 Å². The molecule has 0 aromatic heterocycles. The topological polar surface area (TPSA) is 83.6 Å². The van der Waals surface area contributed by atoms with E-state index >= 15 is 0 Å². The molecule has 1 aliphatic heterocycles. The SMILES string of the molecule is CCc1ccc(NS(=O)(=O)C2=C(N3CCCC3)C(=O)c3ccccc3C2=O)cc1. The summed E-state index contributed by atoms with van der Waals surface area (Å²) in [6.45, 7) is 3.12. The molecule has 0 bridgehead atoms. The van der Waals surface area contributed by atoms with Crippen LogP contribution in [0.1, 0.15) is 46.0 Å². The van der Waals surface area contributed by atoms with Crippen molar-refractivity contribution >= 4 is 27.3 Å². The zero-order valence-corrected chi connectivity index (χ0v) is 17.0. The number of fused-ring (bicyclic) bond motifs is 1. The second kappa shape index (κ2) is 7.48. The summed E-state index contributed by atoms with van der Waals surface area (Å²) in [4.78, 5) is 27.7. The number of carbonyl (C=O) groups is 2. The van der Waals surface area contributed by atoms with Crippen molar-refractivity contribution in [3.63, 3.8) is 0 Å². The Labute approximate surface area is 170 Å². The molecule has 2 aliphatic rings. The first-order chi connectivity index (χ1) is 13.9. The van der Waals surface area contributed by atoms with Gasteiger partial charge in [-0.05, 0) is 37.0 Å². The van der Waals surface area contributed by atoms with Crippen molar-refractivity contribution in [1.82, 2.24) is 4.90 Å². The predicted molar refractivity (Wildman–Crippen MR) is 111 cm³/mol. The van der Waals surface area contributed by atoms with Gasteiger partial charge >= 0.3 is 0 Å². The van der Waals surface area contributed by atoms with Gasteiger partial charge in [0.1, 0.15) is 5.70 Å². The van der Waals surface area contributed by atoms with E-state index in [0.29, 0.717) is 18.8 Å². The molecular formula is C22H22N2O4S. The number of sulfonamides is 1. The maximum atomic E-state index is 13.3. The van der Waals surface area contributed by atoms with Gasteiger partial charge in [-0.15, -0.1) is 0 Å². The van der Waals surface area contributed by atoms with E-state index < -0.39 is 26.5 Å². The molecule has 1 heterocycles. The van der Waals surface area contributed by atoms with Gasteiger partial charge in [-0.2, -0.15) is 0 Å². The minimum absolute atomic E-state index is 0.0103. The summed E-state index contributed by atoms with van der Waals surface area (Å²) in [6.07, 6.45) is 2.54. The van der Waals surface area contributed by atoms with Crippen LogP contribution in [0.15, 0.2) is 59.1 Å². The van der Waals surface area contributed by atoms with E-state index in [2.05, 4.69) is 4.72 Å². The fourth-order valence-electron chi connectivity index (χ4n) is 3.83. The van der Waals surface area contributed by atoms with E-state index in [1.165, 1.54) is 6.07 Å². The molecule has 0 saturated carbocycles. The highest BCUT2D eigenvalue weighted by atomic mass is 32.2. The number of nitrogens with zero attached hydrogens (tertiary/aromatic N) is 1. The van der Waals surface area contributed by atoms with Gasteiger partial charge < -0.3 is 4.90 Å². The first kappa shape index (κ1) is 19.4. The molecule has 4 rings (SSSR count). The van der Waals surface area contributed by atoms with Gasteiger partial charge in [0.2, 0.25) is 11.6 Å². The molecular weight excluding hydrogens is 388 g/mol. The fourth-order valence-corrected chi connectivity index (χ4v) is 5.21. The Morgan fingerprint density at radius 2 is 1.48 bits per heavy atom. The summed E-state index contributed by atoms with van der Waals surface area (Å²) in [6, 6.07) is 13.4. The molecule has 0 unspecified atom stereocenters. The molecule has 1 saturated heterocycles. The standard InChI is InChI=1S/C22H22N2O4S/c1-2-15-9-11-16(12-10-15)23-29(27,28)22-19(24-13-5-6-14-24)20(25)17-7-3-4-8-18(17)21(22)26/h3-4,7-12,23H,2,5-6,13-14H2,1H3. The minimum atomic E-state index is -4.25. The third-order valence-electron chi connectivity index (χ3n) is 5.36. The molecule has 0 amide bonds. The van der Waals surface area contributed by atoms with E-state index in [-0.39, 0.29) is 16.8 Å². The number of benzene rings is 2. The van der Waals surface area contributed by atoms with Crippen molar-refractivity contribution in [2.24, 2.45) is 0 Å². The van der Waals surface area contributed by atoms with Crippen LogP contribution in [0.3, 0.4) is 0 Å². The Hall–Kier alpha value is -2.93. The summed E-state index contributed by atoms with van der Waals surface area (Å²) < 4.78 is 29.0. The van der Waals surface area contributed by atoms with Crippen molar-refractivity contribution in [2.45, 2.75) is 26.2 Å². The van der Waals surface area contributed by atoms with Gasteiger partial charge in [-0.1, -0.05) is 43.3 Å². The lowest BCUT2D eigenvalue weighted by atomic mass is 9.92. The normalized spacial score (nSPS) is 16.9. The number of likely N-dealkylation sites (tertiary alicyclic amines) is 1. The Kier molecular flexibility index (Phi) is 5.00. The highest BCUT2D eigenvalue weighted by molar-refractivity contribution is 7.97. The highest BCUT2D eigenvalue weighted by Crippen LogP contribution is 2.33. The van der Waals surface area contributed by atoms with E-state index in [1.807, 2.05) is 19.1 Å². The summed E-state index contributed by atoms with van der Waals surface area (Å²) >= 11 is 0. The molecule has 29 heavy (non-hydrogen) atoms. The number of ketones is 2. The lowest BCUT2D eigenvalue weighted by molar-refractivity contribution is 0.0953. The molecule has 1 aliphatic carbocycles. The molecule has 0 atom stereocenters. The predicted octanol–water partition coefficient (Wildman–Crippen LogP) is 3.38. The molecule has 6 nitrogen and oxygen atoms in total. The maximum Gasteiger partial charge on any atom is 0.268 e. The lowest BCUT2D eigenvalue weighted by Gasteiger charge is -2.27. The van der Waals surface area contributed by atoms with Crippen molar-refractivity contribution in [1.29, 1.82) is 0 Å². The van der Waals surface area contributed by atoms with Crippen molar-refractivity contribution in [3.8, 4) is 0 Å². The molecule has 1 N–H and O–H groups in total. The summed E-state index contributed by atoms with van der Waals surface area (Å²) in [5, 5.41) is 0. The lowest BCUT2D eigenvalue weighted by Crippen LogP contribution is -2.36. The molecule has 7 heteroatoms. The molecule has 2 aromatic carbocycles. The number of hydrogen-bond acceptors (Lipinski definition) is 5. The second-order valence-electron chi connectivity index (χ2n) is 7.23. The number of allylic oxidation sites excluding steroid dienone is 2. The van der Waals surface area contributed by atoms with Gasteiger partial charge in [0, 0.05) is 29.9 Å². The van der Waals surface area contributed by atoms with Crippen molar-refractivity contribution < 1.29 is 18.0 Å². The first-order valence-corrected chi connectivity index (χ1v) is 11.2. The minimum Gasteiger partial charge on any atom is -0.367 e. The first-order valence-electron chi connectivity index (χ1n) is 9.72. The Morgan fingerprint density at radius 1 is 0.897 bits per heavy atom. The van der Waals surface area contributed by atoms with Gasteiger partial charge in [-0.25, -0.2) is 8.42 Å². The quantitative estimate of drug-likeness (QED) is 0.817. The Bertz CT molecular complexity index is 1110. The Morgan fingerprint density at radius 3 is 2.07 bits per heavy atom. The smallest absolute Gasteiger partial charge is 0.268 e. The summed E-state index contributed by atoms with van der Waals surface area (Å²) in [5.74, 6) is -1.05. The largest absolute Gasteiger partial charge is 0.367 e. The average molecular weight is 410 g/mol. The molecule has 1 fully saturated rings. The third kappa shape index (κ3) is 3.46. The summed E-state index contributed by atoms with van der Waals surface area (Å²) in [5.41, 5.74) is 1.80. The van der Waals surface area contributed by atoms with Crippen LogP contribution in [0.5, 0.6) is 0 Å². The van der Waals surface area contributed by atoms with Crippen LogP contribution in [-0.4, -0.2) is 38.0 Å². The van der Waals surface area contributed by atoms with Gasteiger partial charge in [0.15, 0.2) is 4.91 Å². The second-order valence-corrected chi connectivity index (χ2v) is 8.85. The molecule has 0 radical (unpaired) electrons. The maximum absolute atomic E-state index is 13.3. The average Bonchev–Trinajstić information content (AvgIpc) is 3.25. The zero-order chi connectivity index (χ0) is 20.6. The van der Waals surface area contributed by atoms with Crippen molar-refractivity contribution in [2.75, 3.05) is 17.8 Å². The van der Waals surface area contributed by atoms with Crippen LogP contribution in [0.25, 0.3) is 0 Å². The van der Waals surface area contributed by atoms with E-state index in [1.54, 1.807) is 35.2 Å². The Balaban J connectivity index is 1.82. The number of nitrogens with one attached hydrogen (secondary N) is 1. The van der Waals surface area contributed by atoms with Crippen LogP contribution in [-0.2, 0) is 16.4 Å². The number of carbonyl (C=O) groups excluding carboxylic acids is 2. The number of Topliss-reactive ketones (excluding diaryl/α,β-unsaturated/α-hetero) is 2. The van der Waals surface area contributed by atoms with Gasteiger partial charge in [0.25, 0.3) is 10.0 Å². The number of aryl methyl sites for hydroxylation is 1. The highest BCUT2D eigenvalue weighted by Gasteiger charge is 2.41. The molecule has 2 aromatic rings. The van der Waals surface area contributed by atoms with Crippen LogP contribution in [0.2, 0.25) is 0 Å². The zero-order valence-electron chi connectivity index (χ0n) is 16.1. The fraction of sp³-hybridized carbons (Fsp3) is 0.273. The van der Waals surface area contributed by atoms with Crippen LogP contribution in [0, 0.1) is 0 Å². The van der Waals surface area contributed by atoms with Crippen molar-refractivity contribution in [3.05, 3.63) is 75.8 Å². The molecule has 0 spiro atoms. The van der Waals surface area contributed by atoms with Crippen LogP contribution < -0.4 is 4.72 Å². The summed E-state index contributed by atoms with van der Waals surface area (Å²) in [7, 11) is -4.25. The number of anilines is 1. The van der Waals surface area contributed by atoms with E-state index in [9.17, 15) is 18.0 Å². The number of hydrogen-bond donors (Lipinski definition) is 1. The van der Waals surface area contributed by atoms with Crippen LogP contribution >= 0.6 is 0 Å². The molecule has 150 valence electrons. The van der Waals surface area contributed by atoms with E-state index in [4.69, 9.17) is 0 Å².